The topological polar surface area (TPSA) is 21.3 Å². The van der Waals surface area contributed by atoms with Crippen molar-refractivity contribution in [2.24, 2.45) is 0 Å². The van der Waals surface area contributed by atoms with Gasteiger partial charge in [-0.3, -0.25) is 0 Å². The van der Waals surface area contributed by atoms with Crippen LogP contribution in [0.5, 0.6) is 5.75 Å². The van der Waals surface area contributed by atoms with Gasteiger partial charge in [-0.1, -0.05) is 30.3 Å². The summed E-state index contributed by atoms with van der Waals surface area (Å²) in [5.74, 6) is 0.887. The summed E-state index contributed by atoms with van der Waals surface area (Å²) in [5.41, 5.74) is 2.55. The minimum atomic E-state index is -4.30. The third-order valence-electron chi connectivity index (χ3n) is 4.51. The Morgan fingerprint density at radius 1 is 1.17 bits per heavy atom. The van der Waals surface area contributed by atoms with Gasteiger partial charge in [-0.25, -0.2) is 0 Å². The number of benzene rings is 2. The van der Waals surface area contributed by atoms with E-state index in [0.29, 0.717) is 12.1 Å². The third-order valence-corrected chi connectivity index (χ3v) is 4.51. The second kappa shape index (κ2) is 6.85. The molecule has 0 radical (unpaired) electrons. The molecule has 1 atom stereocenters. The Balaban J connectivity index is 1.66. The van der Waals surface area contributed by atoms with E-state index in [1.165, 1.54) is 23.3 Å². The van der Waals surface area contributed by atoms with Crippen LogP contribution in [0.25, 0.3) is 0 Å². The highest BCUT2D eigenvalue weighted by molar-refractivity contribution is 5.42. The lowest BCUT2D eigenvalue weighted by Gasteiger charge is -2.27. The highest BCUT2D eigenvalue weighted by Crippen LogP contribution is 2.31. The predicted molar refractivity (Wildman–Crippen MR) is 87.1 cm³/mol. The first-order valence-electron chi connectivity index (χ1n) is 8.01. The van der Waals surface area contributed by atoms with Gasteiger partial charge in [0.1, 0.15) is 5.75 Å². The molecule has 2 nitrogen and oxygen atoms in total. The molecule has 0 saturated carbocycles. The molecule has 5 heteroatoms. The number of methoxy groups -OCH3 is 1. The molecule has 3 rings (SSSR count). The quantitative estimate of drug-likeness (QED) is 0.896. The molecule has 0 amide bonds. The summed E-state index contributed by atoms with van der Waals surface area (Å²) in [6.07, 6.45) is -1.54. The molecule has 24 heavy (non-hydrogen) atoms. The lowest BCUT2D eigenvalue weighted by molar-refractivity contribution is -0.137. The Hall–Kier alpha value is -2.01. The summed E-state index contributed by atoms with van der Waals surface area (Å²) in [6.45, 7) is 0.430. The van der Waals surface area contributed by atoms with Crippen molar-refractivity contribution < 1.29 is 17.9 Å². The zero-order valence-corrected chi connectivity index (χ0v) is 13.5. The van der Waals surface area contributed by atoms with Crippen molar-refractivity contribution in [3.8, 4) is 5.75 Å². The van der Waals surface area contributed by atoms with Crippen LogP contribution in [-0.2, 0) is 25.6 Å². The fraction of sp³-hybridized carbons (Fsp3) is 0.368. The van der Waals surface area contributed by atoms with Crippen molar-refractivity contribution in [3.05, 3.63) is 64.7 Å². The van der Waals surface area contributed by atoms with Gasteiger partial charge in [-0.05, 0) is 48.1 Å². The number of alkyl halides is 3. The second-order valence-electron chi connectivity index (χ2n) is 6.12. The van der Waals surface area contributed by atoms with Crippen LogP contribution in [0.2, 0.25) is 0 Å². The minimum absolute atomic E-state index is 0.239. The fourth-order valence-corrected chi connectivity index (χ4v) is 3.24. The SMILES string of the molecule is COc1cccc2c1CC(NCc1cccc(C(F)(F)F)c1)CC2. The summed E-state index contributed by atoms with van der Waals surface area (Å²) in [4.78, 5) is 0. The maximum absolute atomic E-state index is 12.8. The standard InChI is InChI=1S/C19H20F3NO/c1-24-18-7-3-5-14-8-9-16(11-17(14)18)23-12-13-4-2-6-15(10-13)19(20,21)22/h2-7,10,16,23H,8-9,11-12H2,1H3. The van der Waals surface area contributed by atoms with Crippen LogP contribution in [0.3, 0.4) is 0 Å². The van der Waals surface area contributed by atoms with Crippen molar-refractivity contribution in [2.75, 3.05) is 7.11 Å². The van der Waals surface area contributed by atoms with E-state index in [1.807, 2.05) is 12.1 Å². The van der Waals surface area contributed by atoms with Gasteiger partial charge in [-0.2, -0.15) is 13.2 Å². The zero-order chi connectivity index (χ0) is 17.2. The lowest BCUT2D eigenvalue weighted by Crippen LogP contribution is -2.34. The van der Waals surface area contributed by atoms with E-state index < -0.39 is 11.7 Å². The van der Waals surface area contributed by atoms with Crippen LogP contribution in [0, 0.1) is 0 Å². The Morgan fingerprint density at radius 2 is 1.96 bits per heavy atom. The molecule has 1 N–H and O–H groups in total. The predicted octanol–water partition coefficient (Wildman–Crippen LogP) is 4.36. The Kier molecular flexibility index (Phi) is 4.81. The summed E-state index contributed by atoms with van der Waals surface area (Å²) >= 11 is 0. The van der Waals surface area contributed by atoms with Crippen molar-refractivity contribution in [3.63, 3.8) is 0 Å². The first kappa shape index (κ1) is 16.8. The minimum Gasteiger partial charge on any atom is -0.496 e. The highest BCUT2D eigenvalue weighted by atomic mass is 19.4. The van der Waals surface area contributed by atoms with Crippen LogP contribution < -0.4 is 10.1 Å². The van der Waals surface area contributed by atoms with Crippen molar-refractivity contribution in [1.29, 1.82) is 0 Å². The Bertz CT molecular complexity index is 698. The lowest BCUT2D eigenvalue weighted by atomic mass is 9.87. The molecule has 1 aliphatic rings. The maximum atomic E-state index is 12.8. The molecular weight excluding hydrogens is 315 g/mol. The van der Waals surface area contributed by atoms with E-state index in [2.05, 4.69) is 11.4 Å². The maximum Gasteiger partial charge on any atom is 0.416 e. The molecule has 1 aliphatic carbocycles. The zero-order valence-electron chi connectivity index (χ0n) is 13.5. The Morgan fingerprint density at radius 3 is 2.71 bits per heavy atom. The largest absolute Gasteiger partial charge is 0.496 e. The molecule has 0 bridgehead atoms. The van der Waals surface area contributed by atoms with Gasteiger partial charge in [0.2, 0.25) is 0 Å². The van der Waals surface area contributed by atoms with Crippen LogP contribution >= 0.6 is 0 Å². The molecule has 1 unspecified atom stereocenters. The molecular formula is C19H20F3NO. The number of rotatable bonds is 4. The van der Waals surface area contributed by atoms with Gasteiger partial charge in [-0.15, -0.1) is 0 Å². The van der Waals surface area contributed by atoms with Crippen molar-refractivity contribution in [2.45, 2.75) is 38.0 Å². The number of hydrogen-bond acceptors (Lipinski definition) is 2. The average molecular weight is 335 g/mol. The van der Waals surface area contributed by atoms with Crippen LogP contribution in [0.1, 0.15) is 28.7 Å². The number of nitrogens with one attached hydrogen (secondary N) is 1. The molecule has 0 spiro atoms. The van der Waals surface area contributed by atoms with Gasteiger partial charge in [0, 0.05) is 12.6 Å². The van der Waals surface area contributed by atoms with Crippen LogP contribution in [0.15, 0.2) is 42.5 Å². The molecule has 0 saturated heterocycles. The van der Waals surface area contributed by atoms with Gasteiger partial charge >= 0.3 is 6.18 Å². The number of ether oxygens (including phenoxy) is 1. The van der Waals surface area contributed by atoms with E-state index in [9.17, 15) is 13.2 Å². The molecule has 128 valence electrons. The van der Waals surface area contributed by atoms with Crippen molar-refractivity contribution in [1.82, 2.24) is 5.32 Å². The average Bonchev–Trinajstić information content (AvgIpc) is 2.58. The van der Waals surface area contributed by atoms with Crippen molar-refractivity contribution >= 4 is 0 Å². The summed E-state index contributed by atoms with van der Waals surface area (Å²) in [7, 11) is 1.66. The number of hydrogen-bond donors (Lipinski definition) is 1. The van der Waals surface area contributed by atoms with Crippen LogP contribution in [0.4, 0.5) is 13.2 Å². The second-order valence-corrected chi connectivity index (χ2v) is 6.12. The normalized spacial score (nSPS) is 17.4. The van der Waals surface area contributed by atoms with E-state index >= 15 is 0 Å². The first-order valence-corrected chi connectivity index (χ1v) is 8.01. The fourth-order valence-electron chi connectivity index (χ4n) is 3.24. The molecule has 2 aromatic rings. The molecule has 0 aliphatic heterocycles. The highest BCUT2D eigenvalue weighted by Gasteiger charge is 2.30. The van der Waals surface area contributed by atoms with E-state index in [1.54, 1.807) is 13.2 Å². The smallest absolute Gasteiger partial charge is 0.416 e. The summed E-state index contributed by atoms with van der Waals surface area (Å²) in [5, 5.41) is 3.39. The number of halogens is 3. The monoisotopic (exact) mass is 335 g/mol. The van der Waals surface area contributed by atoms with Crippen LogP contribution in [-0.4, -0.2) is 13.2 Å². The Labute approximate surface area is 139 Å². The van der Waals surface area contributed by atoms with Gasteiger partial charge in [0.15, 0.2) is 0 Å². The molecule has 0 fully saturated rings. The molecule has 2 aromatic carbocycles. The van der Waals surface area contributed by atoms with E-state index in [4.69, 9.17) is 4.74 Å². The molecule has 0 heterocycles. The third kappa shape index (κ3) is 3.73. The van der Waals surface area contributed by atoms with Gasteiger partial charge in [0.25, 0.3) is 0 Å². The number of fused-ring (bicyclic) bond motifs is 1. The van der Waals surface area contributed by atoms with E-state index in [-0.39, 0.29) is 6.04 Å². The molecule has 0 aromatic heterocycles. The summed E-state index contributed by atoms with van der Waals surface area (Å²) < 4.78 is 43.8. The van der Waals surface area contributed by atoms with Gasteiger partial charge in [0.05, 0.1) is 12.7 Å². The van der Waals surface area contributed by atoms with Gasteiger partial charge < -0.3 is 10.1 Å². The first-order chi connectivity index (χ1) is 11.5. The summed E-state index contributed by atoms with van der Waals surface area (Å²) in [6, 6.07) is 11.8. The number of aryl methyl sites for hydroxylation is 1. The van der Waals surface area contributed by atoms with E-state index in [0.717, 1.165) is 31.1 Å².